The molecule has 0 spiro atoms. The van der Waals surface area contributed by atoms with Gasteiger partial charge in [0, 0.05) is 53.2 Å². The summed E-state index contributed by atoms with van der Waals surface area (Å²) in [5, 5.41) is 13.2. The van der Waals surface area contributed by atoms with Gasteiger partial charge >= 0.3 is 0 Å². The minimum Gasteiger partial charge on any atom is -0.352 e. The number of nitrogens with zero attached hydrogens (tertiary/aromatic N) is 2. The van der Waals surface area contributed by atoms with Crippen molar-refractivity contribution in [3.05, 3.63) is 53.2 Å². The number of hydrogen-bond donors (Lipinski definition) is 4. The summed E-state index contributed by atoms with van der Waals surface area (Å²) < 4.78 is 0. The molecule has 3 amide bonds. The lowest BCUT2D eigenvalue weighted by atomic mass is 9.91. The maximum absolute atomic E-state index is 13.1. The van der Waals surface area contributed by atoms with Crippen LogP contribution < -0.4 is 15.5 Å². The highest BCUT2D eigenvalue weighted by Crippen LogP contribution is 2.32. The Labute approximate surface area is 219 Å². The molecule has 37 heavy (non-hydrogen) atoms. The van der Waals surface area contributed by atoms with E-state index in [-0.39, 0.29) is 23.1 Å². The van der Waals surface area contributed by atoms with Gasteiger partial charge in [0.2, 0.25) is 5.91 Å². The van der Waals surface area contributed by atoms with Crippen LogP contribution in [0.4, 0.5) is 11.5 Å². The van der Waals surface area contributed by atoms with Crippen molar-refractivity contribution in [3.63, 3.8) is 0 Å². The largest absolute Gasteiger partial charge is 0.352 e. The molecule has 0 unspecified atom stereocenters. The highest BCUT2D eigenvalue weighted by Gasteiger charge is 2.24. The molecule has 9 nitrogen and oxygen atoms in total. The SMILES string of the molecule is CCCNC(=O)c1c(NC(=O)c2ccc(-c3cn[nH]c3)s2)[nH]c2cc(N(C)C(=O)CC(C)(C)C)ccc12. The molecule has 0 saturated carbocycles. The summed E-state index contributed by atoms with van der Waals surface area (Å²) in [6.07, 6.45) is 4.65. The van der Waals surface area contributed by atoms with Gasteiger partial charge in [-0.2, -0.15) is 5.10 Å². The van der Waals surface area contributed by atoms with Crippen LogP contribution in [0.1, 0.15) is 60.6 Å². The van der Waals surface area contributed by atoms with E-state index in [0.29, 0.717) is 45.8 Å². The molecule has 0 aliphatic rings. The number of rotatable bonds is 8. The Morgan fingerprint density at radius 3 is 2.57 bits per heavy atom. The minimum absolute atomic E-state index is 0.000957. The summed E-state index contributed by atoms with van der Waals surface area (Å²) in [4.78, 5) is 45.2. The van der Waals surface area contributed by atoms with E-state index in [2.05, 4.69) is 25.8 Å². The number of amides is 3. The van der Waals surface area contributed by atoms with Crippen molar-refractivity contribution < 1.29 is 14.4 Å². The van der Waals surface area contributed by atoms with E-state index in [1.54, 1.807) is 36.5 Å². The van der Waals surface area contributed by atoms with Gasteiger partial charge < -0.3 is 20.5 Å². The molecule has 0 radical (unpaired) electrons. The van der Waals surface area contributed by atoms with E-state index in [1.165, 1.54) is 11.3 Å². The van der Waals surface area contributed by atoms with Crippen LogP contribution in [0.5, 0.6) is 0 Å². The van der Waals surface area contributed by atoms with Crippen LogP contribution in [0.2, 0.25) is 0 Å². The molecule has 4 N–H and O–H groups in total. The Bertz CT molecular complexity index is 1430. The topological polar surface area (TPSA) is 123 Å². The van der Waals surface area contributed by atoms with E-state index < -0.39 is 0 Å². The first-order valence-electron chi connectivity index (χ1n) is 12.2. The molecule has 4 rings (SSSR count). The number of hydrogen-bond acceptors (Lipinski definition) is 5. The lowest BCUT2D eigenvalue weighted by Gasteiger charge is -2.23. The Balaban J connectivity index is 1.66. The normalized spacial score (nSPS) is 11.5. The van der Waals surface area contributed by atoms with Crippen molar-refractivity contribution in [1.29, 1.82) is 0 Å². The van der Waals surface area contributed by atoms with Gasteiger partial charge in [-0.05, 0) is 42.2 Å². The number of H-pyrrole nitrogens is 2. The van der Waals surface area contributed by atoms with Crippen molar-refractivity contribution in [2.24, 2.45) is 5.41 Å². The molecule has 0 aliphatic carbocycles. The number of aromatic amines is 2. The molecule has 3 aromatic heterocycles. The van der Waals surface area contributed by atoms with Crippen molar-refractivity contribution in [2.75, 3.05) is 23.8 Å². The van der Waals surface area contributed by atoms with Gasteiger partial charge in [0.05, 0.1) is 16.6 Å². The Hall–Kier alpha value is -3.92. The second-order valence-corrected chi connectivity index (χ2v) is 11.2. The van der Waals surface area contributed by atoms with E-state index in [4.69, 9.17) is 0 Å². The third kappa shape index (κ3) is 5.91. The zero-order valence-electron chi connectivity index (χ0n) is 21.7. The molecule has 194 valence electrons. The van der Waals surface area contributed by atoms with Crippen molar-refractivity contribution in [2.45, 2.75) is 40.5 Å². The van der Waals surface area contributed by atoms with Crippen molar-refractivity contribution in [1.82, 2.24) is 20.5 Å². The number of anilines is 2. The summed E-state index contributed by atoms with van der Waals surface area (Å²) >= 11 is 1.34. The highest BCUT2D eigenvalue weighted by atomic mass is 32.1. The quantitative estimate of drug-likeness (QED) is 0.248. The maximum atomic E-state index is 13.1. The average molecular weight is 521 g/mol. The van der Waals surface area contributed by atoms with Crippen LogP contribution in [0.15, 0.2) is 42.7 Å². The Kier molecular flexibility index (Phi) is 7.49. The van der Waals surface area contributed by atoms with E-state index in [1.807, 2.05) is 45.9 Å². The summed E-state index contributed by atoms with van der Waals surface area (Å²) in [6, 6.07) is 9.05. The predicted molar refractivity (Wildman–Crippen MR) is 148 cm³/mol. The monoisotopic (exact) mass is 520 g/mol. The van der Waals surface area contributed by atoms with Crippen LogP contribution in [-0.4, -0.2) is 46.5 Å². The van der Waals surface area contributed by atoms with Crippen molar-refractivity contribution in [3.8, 4) is 10.4 Å². The molecule has 3 heterocycles. The first kappa shape index (κ1) is 26.2. The van der Waals surface area contributed by atoms with Gasteiger partial charge in [0.25, 0.3) is 11.8 Å². The molecular weight excluding hydrogens is 488 g/mol. The standard InChI is InChI=1S/C27H32N6O3S/c1-6-11-28-26(36)23-18-8-7-17(33(5)22(34)13-27(2,3)4)12-19(18)31-24(23)32-25(35)21-10-9-20(37-21)16-14-29-30-15-16/h7-10,12,14-15,31H,6,11,13H2,1-5H3,(H,28,36)(H,29,30)(H,32,35). The molecule has 0 saturated heterocycles. The van der Waals surface area contributed by atoms with Gasteiger partial charge in [-0.3, -0.25) is 19.5 Å². The summed E-state index contributed by atoms with van der Waals surface area (Å²) in [5.74, 6) is -0.293. The van der Waals surface area contributed by atoms with Crippen LogP contribution in [-0.2, 0) is 4.79 Å². The predicted octanol–water partition coefficient (Wildman–Crippen LogP) is 5.41. The first-order valence-corrected chi connectivity index (χ1v) is 13.0. The summed E-state index contributed by atoms with van der Waals surface area (Å²) in [7, 11) is 1.74. The number of carbonyl (C=O) groups excluding carboxylic acids is 3. The Morgan fingerprint density at radius 2 is 1.89 bits per heavy atom. The van der Waals surface area contributed by atoms with Gasteiger partial charge in [-0.1, -0.05) is 27.7 Å². The number of thiophene rings is 1. The minimum atomic E-state index is -0.325. The third-order valence-corrected chi connectivity index (χ3v) is 6.97. The molecule has 0 atom stereocenters. The first-order chi connectivity index (χ1) is 17.6. The van der Waals surface area contributed by atoms with Crippen molar-refractivity contribution >= 4 is 51.5 Å². The molecule has 4 aromatic rings. The summed E-state index contributed by atoms with van der Waals surface area (Å²) in [6.45, 7) is 8.56. The highest BCUT2D eigenvalue weighted by molar-refractivity contribution is 7.17. The lowest BCUT2D eigenvalue weighted by molar-refractivity contribution is -0.120. The molecule has 0 aliphatic heterocycles. The van der Waals surface area contributed by atoms with Crippen LogP contribution in [0.3, 0.4) is 0 Å². The number of benzene rings is 1. The second-order valence-electron chi connectivity index (χ2n) is 10.2. The molecule has 0 bridgehead atoms. The fourth-order valence-electron chi connectivity index (χ4n) is 3.94. The molecule has 1 aromatic carbocycles. The number of nitrogens with one attached hydrogen (secondary N) is 4. The van der Waals surface area contributed by atoms with E-state index >= 15 is 0 Å². The lowest BCUT2D eigenvalue weighted by Crippen LogP contribution is -2.29. The fraction of sp³-hybridized carbons (Fsp3) is 0.333. The van der Waals surface area contributed by atoms with Gasteiger partial charge in [0.1, 0.15) is 5.82 Å². The van der Waals surface area contributed by atoms with Crippen LogP contribution in [0.25, 0.3) is 21.3 Å². The molecule has 0 fully saturated rings. The smallest absolute Gasteiger partial charge is 0.266 e. The average Bonchev–Trinajstić information content (AvgIpc) is 3.59. The molecular formula is C27H32N6O3S. The van der Waals surface area contributed by atoms with Crippen LogP contribution >= 0.6 is 11.3 Å². The molecule has 10 heteroatoms. The fourth-order valence-corrected chi connectivity index (χ4v) is 4.83. The zero-order valence-corrected chi connectivity index (χ0v) is 22.5. The number of carbonyl (C=O) groups is 3. The van der Waals surface area contributed by atoms with E-state index in [9.17, 15) is 14.4 Å². The van der Waals surface area contributed by atoms with Gasteiger partial charge in [-0.25, -0.2) is 0 Å². The number of aromatic nitrogens is 3. The second kappa shape index (κ2) is 10.6. The summed E-state index contributed by atoms with van der Waals surface area (Å²) in [5.41, 5.74) is 2.47. The number of fused-ring (bicyclic) bond motifs is 1. The van der Waals surface area contributed by atoms with E-state index in [0.717, 1.165) is 16.9 Å². The third-order valence-electron chi connectivity index (χ3n) is 5.84. The van der Waals surface area contributed by atoms with Crippen LogP contribution in [0, 0.1) is 5.41 Å². The zero-order chi connectivity index (χ0) is 26.7. The van der Waals surface area contributed by atoms with Gasteiger partial charge in [0.15, 0.2) is 0 Å². The van der Waals surface area contributed by atoms with Gasteiger partial charge in [-0.15, -0.1) is 11.3 Å². The Morgan fingerprint density at radius 1 is 1.11 bits per heavy atom. The maximum Gasteiger partial charge on any atom is 0.266 e.